The lowest BCUT2D eigenvalue weighted by molar-refractivity contribution is 0.171. The first kappa shape index (κ1) is 7.62. The average molecular weight is 164 g/mol. The van der Waals surface area contributed by atoms with E-state index in [2.05, 4.69) is 0 Å². The lowest BCUT2D eigenvalue weighted by atomic mass is 9.86. The van der Waals surface area contributed by atoms with Gasteiger partial charge in [0.25, 0.3) is 0 Å². The van der Waals surface area contributed by atoms with Gasteiger partial charge in [0, 0.05) is 5.56 Å². The van der Waals surface area contributed by atoms with E-state index >= 15 is 0 Å². The van der Waals surface area contributed by atoms with Gasteiger partial charge in [0.2, 0.25) is 0 Å². The van der Waals surface area contributed by atoms with Crippen molar-refractivity contribution < 1.29 is 9.84 Å². The van der Waals surface area contributed by atoms with Crippen LogP contribution in [0.4, 0.5) is 0 Å². The third-order valence-electron chi connectivity index (χ3n) is 2.43. The summed E-state index contributed by atoms with van der Waals surface area (Å²) in [6.07, 6.45) is 0. The maximum Gasteiger partial charge on any atom is 0.123 e. The minimum atomic E-state index is -0.198. The van der Waals surface area contributed by atoms with E-state index < -0.39 is 0 Å². The summed E-state index contributed by atoms with van der Waals surface area (Å²) in [6, 6.07) is 7.87. The maximum absolute atomic E-state index is 9.19. The molecule has 1 aromatic carbocycles. The van der Waals surface area contributed by atoms with Crippen molar-refractivity contribution in [2.75, 3.05) is 13.2 Å². The fourth-order valence-electron chi connectivity index (χ4n) is 1.54. The molecule has 2 heteroatoms. The zero-order valence-electron chi connectivity index (χ0n) is 7.08. The van der Waals surface area contributed by atoms with Crippen LogP contribution in [0.2, 0.25) is 0 Å². The Morgan fingerprint density at radius 1 is 1.50 bits per heavy atom. The van der Waals surface area contributed by atoms with Crippen molar-refractivity contribution >= 4 is 0 Å². The molecule has 0 spiro atoms. The van der Waals surface area contributed by atoms with Crippen LogP contribution in [0.1, 0.15) is 12.5 Å². The van der Waals surface area contributed by atoms with E-state index in [1.54, 1.807) is 0 Å². The lowest BCUT2D eigenvalue weighted by Gasteiger charge is -2.18. The topological polar surface area (TPSA) is 29.5 Å². The molecule has 64 valence electrons. The summed E-state index contributed by atoms with van der Waals surface area (Å²) >= 11 is 0. The molecule has 1 atom stereocenters. The van der Waals surface area contributed by atoms with Gasteiger partial charge in [-0.25, -0.2) is 0 Å². The van der Waals surface area contributed by atoms with Gasteiger partial charge in [0.05, 0.1) is 18.6 Å². The van der Waals surface area contributed by atoms with Crippen LogP contribution >= 0.6 is 0 Å². The second kappa shape index (κ2) is 2.49. The van der Waals surface area contributed by atoms with Gasteiger partial charge in [-0.05, 0) is 13.0 Å². The molecule has 12 heavy (non-hydrogen) atoms. The highest BCUT2D eigenvalue weighted by Gasteiger charge is 2.35. The van der Waals surface area contributed by atoms with E-state index in [1.165, 1.54) is 0 Å². The summed E-state index contributed by atoms with van der Waals surface area (Å²) in [6.45, 7) is 2.74. The van der Waals surface area contributed by atoms with Crippen LogP contribution < -0.4 is 4.74 Å². The van der Waals surface area contributed by atoms with Crippen molar-refractivity contribution in [2.45, 2.75) is 12.3 Å². The molecule has 1 unspecified atom stereocenters. The quantitative estimate of drug-likeness (QED) is 0.678. The van der Waals surface area contributed by atoms with E-state index in [-0.39, 0.29) is 12.0 Å². The number of ether oxygens (including phenoxy) is 1. The summed E-state index contributed by atoms with van der Waals surface area (Å²) in [5.41, 5.74) is 0.920. The monoisotopic (exact) mass is 164 g/mol. The Morgan fingerprint density at radius 2 is 2.25 bits per heavy atom. The van der Waals surface area contributed by atoms with Gasteiger partial charge in [-0.3, -0.25) is 0 Å². The highest BCUT2D eigenvalue weighted by Crippen LogP contribution is 2.37. The van der Waals surface area contributed by atoms with E-state index in [4.69, 9.17) is 4.74 Å². The minimum Gasteiger partial charge on any atom is -0.492 e. The molecule has 0 saturated carbocycles. The number of para-hydroxylation sites is 1. The van der Waals surface area contributed by atoms with Crippen molar-refractivity contribution in [1.29, 1.82) is 0 Å². The first-order chi connectivity index (χ1) is 5.76. The minimum absolute atomic E-state index is 0.143. The molecule has 0 saturated heterocycles. The smallest absolute Gasteiger partial charge is 0.123 e. The Kier molecular flexibility index (Phi) is 1.58. The molecule has 1 aliphatic rings. The maximum atomic E-state index is 9.19. The Balaban J connectivity index is 2.49. The Bertz CT molecular complexity index is 296. The number of hydrogen-bond donors (Lipinski definition) is 1. The molecule has 1 aliphatic heterocycles. The van der Waals surface area contributed by atoms with Gasteiger partial charge in [0.15, 0.2) is 0 Å². The average Bonchev–Trinajstić information content (AvgIpc) is 2.46. The van der Waals surface area contributed by atoms with Crippen molar-refractivity contribution in [2.24, 2.45) is 0 Å². The van der Waals surface area contributed by atoms with E-state index in [1.807, 2.05) is 31.2 Å². The number of fused-ring (bicyclic) bond motifs is 1. The molecule has 1 aromatic rings. The van der Waals surface area contributed by atoms with Crippen LogP contribution in [0, 0.1) is 0 Å². The fraction of sp³-hybridized carbons (Fsp3) is 0.400. The zero-order valence-corrected chi connectivity index (χ0v) is 7.08. The number of rotatable bonds is 1. The van der Waals surface area contributed by atoms with Gasteiger partial charge in [-0.1, -0.05) is 18.2 Å². The second-order valence-corrected chi connectivity index (χ2v) is 3.50. The highest BCUT2D eigenvalue weighted by atomic mass is 16.5. The summed E-state index contributed by atoms with van der Waals surface area (Å²) < 4.78 is 5.44. The van der Waals surface area contributed by atoms with Crippen molar-refractivity contribution in [3.8, 4) is 5.75 Å². The normalized spacial score (nSPS) is 26.5. The van der Waals surface area contributed by atoms with Gasteiger partial charge in [-0.2, -0.15) is 0 Å². The Hall–Kier alpha value is -1.02. The molecule has 0 radical (unpaired) electrons. The largest absolute Gasteiger partial charge is 0.492 e. The van der Waals surface area contributed by atoms with Crippen molar-refractivity contribution in [3.63, 3.8) is 0 Å². The van der Waals surface area contributed by atoms with Crippen LogP contribution in [0.25, 0.3) is 0 Å². The van der Waals surface area contributed by atoms with Crippen molar-refractivity contribution in [3.05, 3.63) is 29.8 Å². The van der Waals surface area contributed by atoms with Crippen LogP contribution in [0.3, 0.4) is 0 Å². The molecule has 0 aliphatic carbocycles. The van der Waals surface area contributed by atoms with Gasteiger partial charge < -0.3 is 9.84 Å². The summed E-state index contributed by atoms with van der Waals surface area (Å²) in [5.74, 6) is 0.911. The van der Waals surface area contributed by atoms with Crippen LogP contribution in [0.15, 0.2) is 24.3 Å². The third kappa shape index (κ3) is 0.916. The molecule has 0 fully saturated rings. The third-order valence-corrected chi connectivity index (χ3v) is 2.43. The molecule has 1 N–H and O–H groups in total. The predicted molar refractivity (Wildman–Crippen MR) is 46.4 cm³/mol. The Labute approximate surface area is 71.8 Å². The summed E-state index contributed by atoms with van der Waals surface area (Å²) in [7, 11) is 0. The van der Waals surface area contributed by atoms with E-state index in [9.17, 15) is 5.11 Å². The van der Waals surface area contributed by atoms with Crippen LogP contribution in [0.5, 0.6) is 5.75 Å². The number of benzene rings is 1. The summed E-state index contributed by atoms with van der Waals surface area (Å²) in [5, 5.41) is 9.19. The molecular formula is C10H12O2. The standard InChI is InChI=1S/C10H12O2/c1-10(6-11)7-12-9-5-3-2-4-8(9)10/h2-5,11H,6-7H2,1H3. The fourth-order valence-corrected chi connectivity index (χ4v) is 1.54. The van der Waals surface area contributed by atoms with Crippen LogP contribution in [-0.2, 0) is 5.41 Å². The molecule has 0 aromatic heterocycles. The zero-order chi connectivity index (χ0) is 8.60. The van der Waals surface area contributed by atoms with Gasteiger partial charge in [-0.15, -0.1) is 0 Å². The van der Waals surface area contributed by atoms with Gasteiger partial charge >= 0.3 is 0 Å². The first-order valence-corrected chi connectivity index (χ1v) is 4.09. The molecular weight excluding hydrogens is 152 g/mol. The second-order valence-electron chi connectivity index (χ2n) is 3.50. The van der Waals surface area contributed by atoms with E-state index in [0.717, 1.165) is 11.3 Å². The molecule has 1 heterocycles. The number of aliphatic hydroxyl groups excluding tert-OH is 1. The van der Waals surface area contributed by atoms with Crippen LogP contribution in [-0.4, -0.2) is 18.3 Å². The van der Waals surface area contributed by atoms with E-state index in [0.29, 0.717) is 6.61 Å². The Morgan fingerprint density at radius 3 is 3.00 bits per heavy atom. The molecule has 2 nitrogen and oxygen atoms in total. The highest BCUT2D eigenvalue weighted by molar-refractivity contribution is 5.42. The van der Waals surface area contributed by atoms with Gasteiger partial charge in [0.1, 0.15) is 5.75 Å². The summed E-state index contributed by atoms with van der Waals surface area (Å²) in [4.78, 5) is 0. The number of hydrogen-bond acceptors (Lipinski definition) is 2. The lowest BCUT2D eigenvalue weighted by Crippen LogP contribution is -2.28. The SMILES string of the molecule is CC1(CO)COc2ccccc21. The first-order valence-electron chi connectivity index (χ1n) is 4.09. The number of aliphatic hydroxyl groups is 1. The van der Waals surface area contributed by atoms with Crippen molar-refractivity contribution in [1.82, 2.24) is 0 Å². The molecule has 0 amide bonds. The molecule has 2 rings (SSSR count). The predicted octanol–water partition coefficient (Wildman–Crippen LogP) is 1.33. The molecule has 0 bridgehead atoms.